The second kappa shape index (κ2) is 25300. The predicted octanol–water partition coefficient (Wildman–Crippen LogP) is -8.25. The molecule has 0 saturated heterocycles. The minimum atomic E-state index is 0. The first-order chi connectivity index (χ1) is 0. The molecule has 10 nitrogen and oxygen atoms in total. The molecule has 0 spiro atoms. The second-order valence-corrected chi connectivity index (χ2v) is 0. The molecule has 0 unspecified atom stereocenters. The van der Waals surface area contributed by atoms with Crippen molar-refractivity contribution in [2.75, 3.05) is 0 Å². The van der Waals surface area contributed by atoms with E-state index in [0.717, 1.165) is 0 Å². The summed E-state index contributed by atoms with van der Waals surface area (Å²) in [6.45, 7) is 0. The summed E-state index contributed by atoms with van der Waals surface area (Å²) in [5.41, 5.74) is 0. The molecule has 20 N–H and O–H groups in total. The summed E-state index contributed by atoms with van der Waals surface area (Å²) in [6, 6.07) is 0. The summed E-state index contributed by atoms with van der Waals surface area (Å²) in [7, 11) is 0. The van der Waals surface area contributed by atoms with Gasteiger partial charge in [-0.25, -0.2) is 0 Å². The van der Waals surface area contributed by atoms with Crippen molar-refractivity contribution in [3.63, 3.8) is 0 Å². The Bertz CT molecular complexity index is 4.83. The van der Waals surface area contributed by atoms with Crippen LogP contribution in [0.25, 0.3) is 0 Å². The Labute approximate surface area is 74.2 Å². The molecule has 0 rings (SSSR count). The van der Waals surface area contributed by atoms with Gasteiger partial charge in [0.05, 0.1) is 0 Å². The minimum absolute atomic E-state index is 0. The molecule has 85 valence electrons. The molecule has 0 atom stereocenters. The van der Waals surface area contributed by atoms with E-state index in [1.54, 1.807) is 0 Å². The summed E-state index contributed by atoms with van der Waals surface area (Å²) >= 11 is 0. The zero-order valence-corrected chi connectivity index (χ0v) is 6.84. The van der Waals surface area contributed by atoms with Crippen molar-refractivity contribution in [3.05, 3.63) is 0 Å². The molecule has 0 aromatic heterocycles. The molecule has 0 bridgehead atoms. The minimum Gasteiger partial charge on any atom is -0.412 e. The van der Waals surface area contributed by atoms with Gasteiger partial charge in [-0.05, 0) is 0 Å². The van der Waals surface area contributed by atoms with Gasteiger partial charge in [0.2, 0.25) is 0 Å². The van der Waals surface area contributed by atoms with Crippen molar-refractivity contribution in [2.45, 2.75) is 0 Å². The van der Waals surface area contributed by atoms with Crippen molar-refractivity contribution in [1.29, 1.82) is 0 Å². The Balaban J connectivity index is 0. The number of rotatable bonds is 0. The average Bonchev–Trinajstić information content (AvgIpc) is 0. The zero-order valence-electron chi connectivity index (χ0n) is 5.45. The van der Waals surface area contributed by atoms with E-state index in [1.165, 1.54) is 0 Å². The molecule has 0 fully saturated rings. The van der Waals surface area contributed by atoms with E-state index in [1.807, 2.05) is 0 Å². The molecule has 0 heterocycles. The average molecular weight is 231 g/mol. The molecule has 0 amide bonds. The van der Waals surface area contributed by atoms with Crippen LogP contribution in [0, 0.1) is 0 Å². The molecular formula is H20O10V. The fourth-order valence-corrected chi connectivity index (χ4v) is 0. The second-order valence-electron chi connectivity index (χ2n) is 0. The standard InChI is InChI=1S/10H2O.V/h10*1H2;. The predicted molar refractivity (Wildman–Crippen MR) is 36.1 cm³/mol. The van der Waals surface area contributed by atoms with Crippen LogP contribution in [0.1, 0.15) is 0 Å². The van der Waals surface area contributed by atoms with Gasteiger partial charge in [0.15, 0.2) is 0 Å². The van der Waals surface area contributed by atoms with Gasteiger partial charge in [-0.3, -0.25) is 0 Å². The fourth-order valence-electron chi connectivity index (χ4n) is 0. The van der Waals surface area contributed by atoms with Crippen molar-refractivity contribution >= 4 is 0 Å². The van der Waals surface area contributed by atoms with E-state index in [9.17, 15) is 0 Å². The van der Waals surface area contributed by atoms with E-state index in [2.05, 4.69) is 0 Å². The van der Waals surface area contributed by atoms with Gasteiger partial charge in [0, 0.05) is 18.6 Å². The molecule has 0 aliphatic carbocycles. The molecule has 1 radical (unpaired) electrons. The molecule has 11 heavy (non-hydrogen) atoms. The van der Waals surface area contributed by atoms with Gasteiger partial charge in [-0.1, -0.05) is 0 Å². The van der Waals surface area contributed by atoms with Gasteiger partial charge in [-0.2, -0.15) is 0 Å². The maximum Gasteiger partial charge on any atom is 0 e. The van der Waals surface area contributed by atoms with E-state index in [-0.39, 0.29) is 73.3 Å². The molecule has 0 saturated carbocycles. The maximum absolute atomic E-state index is 0. The monoisotopic (exact) mass is 231 g/mol. The van der Waals surface area contributed by atoms with Crippen LogP contribution >= 0.6 is 0 Å². The SMILES string of the molecule is O.O.O.O.O.O.O.O.O.O.[V]. The molecule has 0 aromatic carbocycles. The van der Waals surface area contributed by atoms with E-state index >= 15 is 0 Å². The van der Waals surface area contributed by atoms with Gasteiger partial charge >= 0.3 is 0 Å². The van der Waals surface area contributed by atoms with E-state index in [4.69, 9.17) is 0 Å². The largest absolute Gasteiger partial charge is 0.412 e. The van der Waals surface area contributed by atoms with Crippen LogP contribution in [0.15, 0.2) is 0 Å². The third kappa shape index (κ3) is 20100. The molecule has 0 aliphatic rings. The summed E-state index contributed by atoms with van der Waals surface area (Å²) in [5, 5.41) is 0. The smallest absolute Gasteiger partial charge is 0 e. The zero-order chi connectivity index (χ0) is 0. The normalized spacial score (nSPS) is 0. The molecule has 0 aromatic rings. The first-order valence-electron chi connectivity index (χ1n) is 0. The summed E-state index contributed by atoms with van der Waals surface area (Å²) in [4.78, 5) is 0. The topological polar surface area (TPSA) is 315 Å². The Hall–Kier alpha value is 0.184. The third-order valence-corrected chi connectivity index (χ3v) is 0. The molecule has 0 aliphatic heterocycles. The molecular weight excluding hydrogens is 211 g/mol. The van der Waals surface area contributed by atoms with Crippen LogP contribution in [0.5, 0.6) is 0 Å². The van der Waals surface area contributed by atoms with Gasteiger partial charge in [0.25, 0.3) is 0 Å². The summed E-state index contributed by atoms with van der Waals surface area (Å²) < 4.78 is 0. The molecule has 11 heteroatoms. The van der Waals surface area contributed by atoms with Crippen LogP contribution in [0.2, 0.25) is 0 Å². The summed E-state index contributed by atoms with van der Waals surface area (Å²) in [5.74, 6) is 0. The van der Waals surface area contributed by atoms with Gasteiger partial charge in [-0.15, -0.1) is 0 Å². The summed E-state index contributed by atoms with van der Waals surface area (Å²) in [6.07, 6.45) is 0. The van der Waals surface area contributed by atoms with Crippen molar-refractivity contribution < 1.29 is 73.3 Å². The van der Waals surface area contributed by atoms with Gasteiger partial charge < -0.3 is 54.8 Å². The first-order valence-corrected chi connectivity index (χ1v) is 0. The quantitative estimate of drug-likeness (QED) is 0.374. The Morgan fingerprint density at radius 3 is 0.182 bits per heavy atom. The Morgan fingerprint density at radius 2 is 0.182 bits per heavy atom. The van der Waals surface area contributed by atoms with Crippen molar-refractivity contribution in [1.82, 2.24) is 0 Å². The third-order valence-electron chi connectivity index (χ3n) is 0. The van der Waals surface area contributed by atoms with Crippen molar-refractivity contribution in [3.8, 4) is 0 Å². The van der Waals surface area contributed by atoms with Crippen molar-refractivity contribution in [2.24, 2.45) is 0 Å². The van der Waals surface area contributed by atoms with Gasteiger partial charge in [0.1, 0.15) is 0 Å². The van der Waals surface area contributed by atoms with E-state index < -0.39 is 0 Å². The Kier molecular flexibility index (Phi) is 78300000. The number of hydrogen-bond donors (Lipinski definition) is 0. The van der Waals surface area contributed by atoms with Crippen LogP contribution in [0.4, 0.5) is 0 Å². The Morgan fingerprint density at radius 1 is 0.182 bits per heavy atom. The van der Waals surface area contributed by atoms with Crippen LogP contribution in [-0.4, -0.2) is 54.8 Å². The maximum atomic E-state index is 0. The first kappa shape index (κ1) is 34100. The number of hydrogen-bond acceptors (Lipinski definition) is 0. The fraction of sp³-hybridized carbons (Fsp3) is 0. The van der Waals surface area contributed by atoms with Crippen LogP contribution in [-0.2, 0) is 18.6 Å². The van der Waals surface area contributed by atoms with E-state index in [0.29, 0.717) is 0 Å². The van der Waals surface area contributed by atoms with Crippen LogP contribution in [0.3, 0.4) is 0 Å². The van der Waals surface area contributed by atoms with Crippen LogP contribution < -0.4 is 0 Å².